The maximum Gasteiger partial charge on any atom is 0.306 e. The zero-order chi connectivity index (χ0) is 15.2. The Bertz CT molecular complexity index is 580. The summed E-state index contributed by atoms with van der Waals surface area (Å²) in [5.74, 6) is -1.70. The molecule has 1 saturated heterocycles. The van der Waals surface area contributed by atoms with E-state index in [4.69, 9.17) is 14.2 Å². The number of rotatable bonds is 1. The fourth-order valence-corrected chi connectivity index (χ4v) is 3.84. The van der Waals surface area contributed by atoms with E-state index >= 15 is 0 Å². The van der Waals surface area contributed by atoms with Gasteiger partial charge in [-0.05, 0) is 54.6 Å². The lowest BCUT2D eigenvalue weighted by molar-refractivity contribution is -0.143. The van der Waals surface area contributed by atoms with Crippen LogP contribution in [0, 0.1) is 5.92 Å². The summed E-state index contributed by atoms with van der Waals surface area (Å²) in [4.78, 5) is 11.2. The van der Waals surface area contributed by atoms with Gasteiger partial charge in [0.1, 0.15) is 0 Å². The molecule has 22 heavy (non-hydrogen) atoms. The zero-order valence-corrected chi connectivity index (χ0v) is 12.4. The number of aliphatic carboxylic acids is 1. The third-order valence-electron chi connectivity index (χ3n) is 4.98. The van der Waals surface area contributed by atoms with E-state index < -0.39 is 11.8 Å². The molecular formula is C17H20O5. The van der Waals surface area contributed by atoms with Crippen molar-refractivity contribution < 1.29 is 24.1 Å². The zero-order valence-electron chi connectivity index (χ0n) is 12.4. The maximum atomic E-state index is 11.2. The monoisotopic (exact) mass is 304 g/mol. The van der Waals surface area contributed by atoms with Gasteiger partial charge >= 0.3 is 5.97 Å². The first-order valence-corrected chi connectivity index (χ1v) is 7.93. The quantitative estimate of drug-likeness (QED) is 0.804. The van der Waals surface area contributed by atoms with Gasteiger partial charge in [-0.2, -0.15) is 0 Å². The molecule has 118 valence electrons. The first-order chi connectivity index (χ1) is 10.7. The van der Waals surface area contributed by atoms with Crippen molar-refractivity contribution >= 4 is 5.97 Å². The van der Waals surface area contributed by atoms with Gasteiger partial charge in [0.25, 0.3) is 0 Å². The maximum absolute atomic E-state index is 11.2. The highest BCUT2D eigenvalue weighted by Crippen LogP contribution is 2.41. The van der Waals surface area contributed by atoms with E-state index in [-0.39, 0.29) is 12.0 Å². The van der Waals surface area contributed by atoms with Crippen LogP contribution in [0.1, 0.15) is 25.7 Å². The minimum absolute atomic E-state index is 0.0696. The molecule has 4 aliphatic rings. The summed E-state index contributed by atoms with van der Waals surface area (Å²) in [6.45, 7) is 1.83. The summed E-state index contributed by atoms with van der Waals surface area (Å²) in [5, 5.41) is 9.24. The molecule has 2 fully saturated rings. The molecule has 0 amide bonds. The van der Waals surface area contributed by atoms with Gasteiger partial charge in [-0.3, -0.25) is 4.79 Å². The Labute approximate surface area is 129 Å². The highest BCUT2D eigenvalue weighted by molar-refractivity contribution is 5.70. The Hall–Kier alpha value is -1.43. The molecule has 1 saturated carbocycles. The second kappa shape index (κ2) is 5.33. The lowest BCUT2D eigenvalue weighted by atomic mass is 9.79. The SMILES string of the molecule is O=C(O)C1CCC2=C3C=CC4(C=C3CCOC2C1)OCCO4. The van der Waals surface area contributed by atoms with Crippen molar-refractivity contribution in [1.82, 2.24) is 0 Å². The summed E-state index contributed by atoms with van der Waals surface area (Å²) >= 11 is 0. The smallest absolute Gasteiger partial charge is 0.306 e. The average molecular weight is 304 g/mol. The molecule has 4 rings (SSSR count). The summed E-state index contributed by atoms with van der Waals surface area (Å²) in [6.07, 6.45) is 8.91. The summed E-state index contributed by atoms with van der Waals surface area (Å²) in [6, 6.07) is 0. The number of fused-ring (bicyclic) bond motifs is 2. The molecule has 2 heterocycles. The highest BCUT2D eigenvalue weighted by Gasteiger charge is 2.38. The molecule has 2 aliphatic carbocycles. The minimum atomic E-state index is -0.710. The van der Waals surface area contributed by atoms with Crippen LogP contribution in [0.4, 0.5) is 0 Å². The van der Waals surface area contributed by atoms with Gasteiger partial charge in [0.2, 0.25) is 5.79 Å². The molecular weight excluding hydrogens is 284 g/mol. The standard InChI is InChI=1S/C17H20O5/c18-16(19)11-1-2-14-13-3-5-17(21-7-8-22-17)10-12(13)4-6-20-15(14)9-11/h3,5,10-11,15H,1-2,4,6-9H2,(H,18,19). The van der Waals surface area contributed by atoms with Gasteiger partial charge in [0.15, 0.2) is 0 Å². The van der Waals surface area contributed by atoms with E-state index in [0.29, 0.717) is 32.7 Å². The highest BCUT2D eigenvalue weighted by atomic mass is 16.7. The van der Waals surface area contributed by atoms with Crippen LogP contribution in [0.5, 0.6) is 0 Å². The Morgan fingerprint density at radius 3 is 2.82 bits per heavy atom. The fourth-order valence-electron chi connectivity index (χ4n) is 3.84. The van der Waals surface area contributed by atoms with Gasteiger partial charge in [0.05, 0.1) is 31.8 Å². The molecule has 2 atom stereocenters. The molecule has 0 radical (unpaired) electrons. The predicted molar refractivity (Wildman–Crippen MR) is 78.2 cm³/mol. The van der Waals surface area contributed by atoms with Crippen LogP contribution in [0.25, 0.3) is 0 Å². The molecule has 0 aromatic carbocycles. The minimum Gasteiger partial charge on any atom is -0.481 e. The Kier molecular flexibility index (Phi) is 3.44. The largest absolute Gasteiger partial charge is 0.481 e. The van der Waals surface area contributed by atoms with Crippen LogP contribution in [0.2, 0.25) is 0 Å². The van der Waals surface area contributed by atoms with Gasteiger partial charge in [-0.25, -0.2) is 0 Å². The van der Waals surface area contributed by atoms with Crippen LogP contribution < -0.4 is 0 Å². The normalized spacial score (nSPS) is 33.2. The van der Waals surface area contributed by atoms with Crippen LogP contribution >= 0.6 is 0 Å². The van der Waals surface area contributed by atoms with Crippen molar-refractivity contribution in [3.63, 3.8) is 0 Å². The molecule has 1 spiro atoms. The summed E-state index contributed by atoms with van der Waals surface area (Å²) in [5.41, 5.74) is 3.65. The number of carbonyl (C=O) groups is 1. The first kappa shape index (κ1) is 14.2. The third-order valence-corrected chi connectivity index (χ3v) is 4.98. The number of carboxylic acid groups (broad SMARTS) is 1. The van der Waals surface area contributed by atoms with E-state index in [2.05, 4.69) is 12.2 Å². The predicted octanol–water partition coefficient (Wildman–Crippen LogP) is 2.20. The van der Waals surface area contributed by atoms with Crippen molar-refractivity contribution in [3.8, 4) is 0 Å². The number of hydrogen-bond acceptors (Lipinski definition) is 4. The van der Waals surface area contributed by atoms with E-state index in [1.54, 1.807) is 0 Å². The van der Waals surface area contributed by atoms with Crippen molar-refractivity contribution in [2.24, 2.45) is 5.92 Å². The van der Waals surface area contributed by atoms with Crippen LogP contribution in [-0.4, -0.2) is 42.8 Å². The van der Waals surface area contributed by atoms with E-state index in [1.807, 2.05) is 6.08 Å². The Morgan fingerprint density at radius 1 is 1.23 bits per heavy atom. The van der Waals surface area contributed by atoms with Gasteiger partial charge in [-0.1, -0.05) is 6.08 Å². The summed E-state index contributed by atoms with van der Waals surface area (Å²) in [7, 11) is 0. The topological polar surface area (TPSA) is 65.0 Å². The lowest BCUT2D eigenvalue weighted by Gasteiger charge is -2.31. The second-order valence-corrected chi connectivity index (χ2v) is 6.28. The van der Waals surface area contributed by atoms with Crippen LogP contribution in [-0.2, 0) is 19.0 Å². The van der Waals surface area contributed by atoms with E-state index in [1.165, 1.54) is 16.7 Å². The van der Waals surface area contributed by atoms with Crippen molar-refractivity contribution in [2.75, 3.05) is 19.8 Å². The van der Waals surface area contributed by atoms with E-state index in [0.717, 1.165) is 12.8 Å². The molecule has 0 aromatic rings. The number of allylic oxidation sites excluding steroid dienone is 2. The van der Waals surface area contributed by atoms with Crippen molar-refractivity contribution in [1.29, 1.82) is 0 Å². The van der Waals surface area contributed by atoms with Crippen LogP contribution in [0.3, 0.4) is 0 Å². The summed E-state index contributed by atoms with van der Waals surface area (Å²) < 4.78 is 17.4. The third kappa shape index (κ3) is 2.33. The Balaban J connectivity index is 1.66. The number of hydrogen-bond donors (Lipinski definition) is 1. The molecule has 5 nitrogen and oxygen atoms in total. The second-order valence-electron chi connectivity index (χ2n) is 6.28. The van der Waals surface area contributed by atoms with Gasteiger partial charge in [-0.15, -0.1) is 0 Å². The van der Waals surface area contributed by atoms with Gasteiger partial charge < -0.3 is 19.3 Å². The lowest BCUT2D eigenvalue weighted by Crippen LogP contribution is -2.30. The molecule has 0 aromatic heterocycles. The van der Waals surface area contributed by atoms with E-state index in [9.17, 15) is 9.90 Å². The first-order valence-electron chi connectivity index (χ1n) is 7.93. The van der Waals surface area contributed by atoms with Gasteiger partial charge in [0, 0.05) is 0 Å². The molecule has 1 N–H and O–H groups in total. The molecule has 2 unspecified atom stereocenters. The van der Waals surface area contributed by atoms with Crippen molar-refractivity contribution in [3.05, 3.63) is 34.9 Å². The van der Waals surface area contributed by atoms with Crippen molar-refractivity contribution in [2.45, 2.75) is 37.6 Å². The number of carboxylic acids is 1. The molecule has 0 bridgehead atoms. The van der Waals surface area contributed by atoms with Crippen LogP contribution in [0.15, 0.2) is 34.9 Å². The Morgan fingerprint density at radius 2 is 2.05 bits per heavy atom. The fraction of sp³-hybridized carbons (Fsp3) is 0.588. The molecule has 5 heteroatoms. The number of ether oxygens (including phenoxy) is 3. The molecule has 2 aliphatic heterocycles. The average Bonchev–Trinajstić information content (AvgIpc) is 2.87.